The second kappa shape index (κ2) is 6.16. The number of fused-ring (bicyclic) bond motifs is 3. The first-order valence-corrected chi connectivity index (χ1v) is 11.5. The van der Waals surface area contributed by atoms with E-state index in [0.717, 1.165) is 13.0 Å². The molecule has 0 amide bonds. The molecule has 126 valence electrons. The van der Waals surface area contributed by atoms with Crippen LogP contribution in [0.15, 0.2) is 24.5 Å². The summed E-state index contributed by atoms with van der Waals surface area (Å²) in [7, 11) is 0.0287. The van der Waals surface area contributed by atoms with Gasteiger partial charge in [0.15, 0.2) is 8.32 Å². The molecule has 3 unspecified atom stereocenters. The first-order chi connectivity index (χ1) is 10.1. The van der Waals surface area contributed by atoms with E-state index in [1.165, 1.54) is 24.8 Å². The number of ether oxygens (including phenoxy) is 1. The largest absolute Gasteiger partial charge is 0.505 e. The summed E-state index contributed by atoms with van der Waals surface area (Å²) >= 11 is 0. The van der Waals surface area contributed by atoms with Crippen LogP contribution in [0.25, 0.3) is 0 Å². The summed E-state index contributed by atoms with van der Waals surface area (Å²) in [4.78, 5) is 0. The number of rotatable bonds is 5. The van der Waals surface area contributed by atoms with E-state index in [0.29, 0.717) is 11.8 Å². The molecule has 3 saturated carbocycles. The van der Waals surface area contributed by atoms with E-state index in [2.05, 4.69) is 46.5 Å². The van der Waals surface area contributed by atoms with Crippen LogP contribution in [-0.4, -0.2) is 22.0 Å². The zero-order valence-corrected chi connectivity index (χ0v) is 16.4. The molecule has 0 saturated heterocycles. The van der Waals surface area contributed by atoms with Crippen molar-refractivity contribution in [1.82, 2.24) is 0 Å². The smallest absolute Gasteiger partial charge is 0.192 e. The minimum absolute atomic E-state index is 0.246. The zero-order chi connectivity index (χ0) is 16.6. The molecule has 0 aliphatic heterocycles. The van der Waals surface area contributed by atoms with E-state index >= 15 is 0 Å². The Morgan fingerprint density at radius 2 is 2.05 bits per heavy atom. The molecule has 3 heteroatoms. The predicted octanol–water partition coefficient (Wildman–Crippen LogP) is 5.53. The molecule has 3 aliphatic carbocycles. The van der Waals surface area contributed by atoms with E-state index in [1.54, 1.807) is 7.11 Å². The number of hydrogen-bond donors (Lipinski definition) is 0. The molecule has 0 heterocycles. The lowest BCUT2D eigenvalue weighted by molar-refractivity contribution is 0.00667. The molecule has 0 radical (unpaired) electrons. The maximum absolute atomic E-state index is 6.63. The molecule has 2 bridgehead atoms. The van der Waals surface area contributed by atoms with E-state index in [-0.39, 0.29) is 10.5 Å². The third-order valence-corrected chi connectivity index (χ3v) is 10.9. The first kappa shape index (κ1) is 17.8. The molecule has 0 spiro atoms. The Labute approximate surface area is 138 Å². The van der Waals surface area contributed by atoms with E-state index < -0.39 is 8.32 Å². The van der Waals surface area contributed by atoms with Gasteiger partial charge in [0.1, 0.15) is 0 Å². The summed E-state index contributed by atoms with van der Waals surface area (Å²) in [5.74, 6) is 1.28. The van der Waals surface area contributed by atoms with Gasteiger partial charge in [-0.1, -0.05) is 32.9 Å². The minimum atomic E-state index is -1.70. The van der Waals surface area contributed by atoms with Gasteiger partial charge in [0.05, 0.1) is 13.4 Å². The average Bonchev–Trinajstić information content (AvgIpc) is 2.43. The third kappa shape index (κ3) is 3.35. The Balaban J connectivity index is 2.16. The monoisotopic (exact) mass is 322 g/mol. The highest BCUT2D eigenvalue weighted by Crippen LogP contribution is 2.57. The average molecular weight is 323 g/mol. The van der Waals surface area contributed by atoms with Crippen LogP contribution in [0.5, 0.6) is 0 Å². The van der Waals surface area contributed by atoms with Crippen LogP contribution in [0.4, 0.5) is 0 Å². The van der Waals surface area contributed by atoms with Crippen molar-refractivity contribution < 1.29 is 9.16 Å². The Morgan fingerprint density at radius 3 is 2.59 bits per heavy atom. The van der Waals surface area contributed by atoms with Gasteiger partial charge >= 0.3 is 0 Å². The van der Waals surface area contributed by atoms with Gasteiger partial charge in [0, 0.05) is 12.0 Å². The van der Waals surface area contributed by atoms with Crippen LogP contribution in [-0.2, 0) is 9.16 Å². The van der Waals surface area contributed by atoms with E-state index in [9.17, 15) is 0 Å². The van der Waals surface area contributed by atoms with Crippen molar-refractivity contribution in [3.05, 3.63) is 24.5 Å². The summed E-state index contributed by atoms with van der Waals surface area (Å²) in [5, 5.41) is 0.268. The molecule has 3 rings (SSSR count). The molecular weight excluding hydrogens is 288 g/mol. The fourth-order valence-electron chi connectivity index (χ4n) is 3.74. The lowest BCUT2D eigenvalue weighted by Crippen LogP contribution is -2.50. The van der Waals surface area contributed by atoms with E-state index in [4.69, 9.17) is 9.16 Å². The summed E-state index contributed by atoms with van der Waals surface area (Å²) in [5.41, 5.74) is 1.70. The van der Waals surface area contributed by atoms with Gasteiger partial charge in [0.25, 0.3) is 0 Å². The highest BCUT2D eigenvalue weighted by atomic mass is 28.4. The molecule has 3 atom stereocenters. The Morgan fingerprint density at radius 1 is 1.36 bits per heavy atom. The zero-order valence-electron chi connectivity index (χ0n) is 15.4. The lowest BCUT2D eigenvalue weighted by atomic mass is 9.54. The first-order valence-electron chi connectivity index (χ1n) is 8.62. The van der Waals surface area contributed by atoms with Crippen molar-refractivity contribution in [2.75, 3.05) is 13.7 Å². The number of hydrogen-bond acceptors (Lipinski definition) is 2. The highest BCUT2D eigenvalue weighted by Gasteiger charge is 2.50. The van der Waals surface area contributed by atoms with Crippen LogP contribution in [0, 0.1) is 17.3 Å². The summed E-state index contributed by atoms with van der Waals surface area (Å²) in [6.45, 7) is 16.9. The van der Waals surface area contributed by atoms with Crippen LogP contribution in [0.3, 0.4) is 0 Å². The molecular formula is C19H34O2Si. The van der Waals surface area contributed by atoms with Crippen molar-refractivity contribution in [1.29, 1.82) is 0 Å². The fraction of sp³-hybridized carbons (Fsp3) is 0.789. The van der Waals surface area contributed by atoms with Gasteiger partial charge in [-0.05, 0) is 61.7 Å². The van der Waals surface area contributed by atoms with Crippen molar-refractivity contribution in [3.63, 3.8) is 0 Å². The molecule has 0 aromatic rings. The maximum atomic E-state index is 6.63. The van der Waals surface area contributed by atoms with Gasteiger partial charge in [0.2, 0.25) is 0 Å². The second-order valence-electron chi connectivity index (χ2n) is 8.89. The van der Waals surface area contributed by atoms with Crippen LogP contribution in [0.2, 0.25) is 18.1 Å². The standard InChI is InChI=1S/C19H34O2Si/c1-15-13-19(14-21-22(6,7)18(2,3)4)10-8-16(15)12-17(19)9-11-20-5/h9,11,16-17H,1,8,10,12-14H2,2-7H3. The van der Waals surface area contributed by atoms with Gasteiger partial charge < -0.3 is 9.16 Å². The molecule has 2 nitrogen and oxygen atoms in total. The van der Waals surface area contributed by atoms with Crippen LogP contribution >= 0.6 is 0 Å². The van der Waals surface area contributed by atoms with Gasteiger partial charge in [-0.25, -0.2) is 0 Å². The van der Waals surface area contributed by atoms with Gasteiger partial charge in [-0.2, -0.15) is 0 Å². The van der Waals surface area contributed by atoms with Crippen molar-refractivity contribution in [2.45, 2.75) is 64.6 Å². The normalized spacial score (nSPS) is 32.7. The van der Waals surface area contributed by atoms with E-state index in [1.807, 2.05) is 6.26 Å². The minimum Gasteiger partial charge on any atom is -0.505 e. The lowest BCUT2D eigenvalue weighted by Gasteiger charge is -2.53. The second-order valence-corrected chi connectivity index (χ2v) is 13.7. The maximum Gasteiger partial charge on any atom is 0.192 e. The molecule has 0 N–H and O–H groups in total. The number of methoxy groups -OCH3 is 1. The van der Waals surface area contributed by atoms with Gasteiger partial charge in [-0.3, -0.25) is 0 Å². The van der Waals surface area contributed by atoms with Crippen molar-refractivity contribution in [3.8, 4) is 0 Å². The van der Waals surface area contributed by atoms with Crippen LogP contribution in [0.1, 0.15) is 46.5 Å². The third-order valence-electron chi connectivity index (χ3n) is 6.45. The van der Waals surface area contributed by atoms with Crippen molar-refractivity contribution >= 4 is 8.32 Å². The highest BCUT2D eigenvalue weighted by molar-refractivity contribution is 6.74. The molecule has 22 heavy (non-hydrogen) atoms. The SMILES string of the molecule is C=C1CC2(CO[Si](C)(C)C(C)(C)C)CCC1CC2C=COC. The topological polar surface area (TPSA) is 18.5 Å². The Bertz CT molecular complexity index is 447. The molecule has 0 aromatic heterocycles. The number of allylic oxidation sites excluding steroid dienone is 2. The quantitative estimate of drug-likeness (QED) is 0.376. The van der Waals surface area contributed by atoms with Crippen LogP contribution < -0.4 is 0 Å². The predicted molar refractivity (Wildman–Crippen MR) is 96.3 cm³/mol. The molecule has 3 aliphatic rings. The molecule has 0 aromatic carbocycles. The fourth-order valence-corrected chi connectivity index (χ4v) is 4.82. The Hall–Kier alpha value is -0.543. The van der Waals surface area contributed by atoms with Gasteiger partial charge in [-0.15, -0.1) is 0 Å². The summed E-state index contributed by atoms with van der Waals surface area (Å²) in [6, 6.07) is 0. The molecule has 3 fully saturated rings. The summed E-state index contributed by atoms with van der Waals surface area (Å²) in [6.07, 6.45) is 9.04. The Kier molecular flexibility index (Phi) is 4.99. The van der Waals surface area contributed by atoms with Crippen molar-refractivity contribution in [2.24, 2.45) is 17.3 Å². The summed E-state index contributed by atoms with van der Waals surface area (Å²) < 4.78 is 11.8.